The molecule has 0 spiro atoms. The second-order valence-corrected chi connectivity index (χ2v) is 8.04. The maximum Gasteiger partial charge on any atom is 0.251 e. The van der Waals surface area contributed by atoms with Gasteiger partial charge >= 0.3 is 0 Å². The van der Waals surface area contributed by atoms with Crippen LogP contribution in [0.25, 0.3) is 11.0 Å². The Bertz CT molecular complexity index is 784. The van der Waals surface area contributed by atoms with Crippen LogP contribution in [-0.4, -0.2) is 40.1 Å². The minimum absolute atomic E-state index is 0.00770. The van der Waals surface area contributed by atoms with Gasteiger partial charge in [0.15, 0.2) is 9.84 Å². The quantitative estimate of drug-likeness (QED) is 0.893. The van der Waals surface area contributed by atoms with Gasteiger partial charge in [0, 0.05) is 5.56 Å². The van der Waals surface area contributed by atoms with Crippen molar-refractivity contribution >= 4 is 38.5 Å². The smallest absolute Gasteiger partial charge is 0.251 e. The molecule has 0 radical (unpaired) electrons. The first kappa shape index (κ1) is 13.4. The van der Waals surface area contributed by atoms with Crippen LogP contribution in [0.5, 0.6) is 0 Å². The Kier molecular flexibility index (Phi) is 3.02. The van der Waals surface area contributed by atoms with E-state index >= 15 is 0 Å². The average Bonchev–Trinajstić information content (AvgIpc) is 2.92. The van der Waals surface area contributed by atoms with Gasteiger partial charge in [-0.25, -0.2) is 8.42 Å². The number of fused-ring (bicyclic) bond motifs is 1. The number of nitrogens with zero attached hydrogens (tertiary/aromatic N) is 2. The molecule has 1 atom stereocenters. The van der Waals surface area contributed by atoms with E-state index in [2.05, 4.69) is 14.1 Å². The molecule has 1 fully saturated rings. The van der Waals surface area contributed by atoms with Crippen molar-refractivity contribution in [1.82, 2.24) is 14.1 Å². The summed E-state index contributed by atoms with van der Waals surface area (Å²) in [5, 5.41) is 2.82. The van der Waals surface area contributed by atoms with Crippen LogP contribution >= 0.6 is 11.7 Å². The van der Waals surface area contributed by atoms with Crippen molar-refractivity contribution in [3.8, 4) is 0 Å². The van der Waals surface area contributed by atoms with Gasteiger partial charge in [-0.15, -0.1) is 0 Å². The first-order valence-electron chi connectivity index (χ1n) is 6.12. The molecule has 1 saturated heterocycles. The van der Waals surface area contributed by atoms with Crippen molar-refractivity contribution in [2.45, 2.75) is 18.9 Å². The summed E-state index contributed by atoms with van der Waals surface area (Å²) in [6.07, 6.45) is 0.446. The Morgan fingerprint density at radius 2 is 2.10 bits per heavy atom. The normalized spacial score (nSPS) is 24.9. The maximum atomic E-state index is 12.2. The van der Waals surface area contributed by atoms with Crippen molar-refractivity contribution in [3.63, 3.8) is 0 Å². The molecule has 0 bridgehead atoms. The zero-order chi connectivity index (χ0) is 14.4. The summed E-state index contributed by atoms with van der Waals surface area (Å²) in [6, 6.07) is 5.08. The topological polar surface area (TPSA) is 89.0 Å². The first-order chi connectivity index (χ1) is 9.37. The molecule has 1 unspecified atom stereocenters. The molecule has 1 aliphatic heterocycles. The molecule has 3 rings (SSSR count). The lowest BCUT2D eigenvalue weighted by atomic mass is 10.0. The van der Waals surface area contributed by atoms with Crippen LogP contribution in [0.2, 0.25) is 0 Å². The molecule has 1 N–H and O–H groups in total. The zero-order valence-corrected chi connectivity index (χ0v) is 12.4. The monoisotopic (exact) mass is 311 g/mol. The Hall–Kier alpha value is -1.54. The van der Waals surface area contributed by atoms with Crippen LogP contribution in [-0.2, 0) is 9.84 Å². The zero-order valence-electron chi connectivity index (χ0n) is 10.8. The van der Waals surface area contributed by atoms with Crippen LogP contribution in [0.4, 0.5) is 0 Å². The minimum Gasteiger partial charge on any atom is -0.346 e. The number of nitrogens with one attached hydrogen (secondary N) is 1. The molecule has 2 heterocycles. The molecule has 1 aromatic carbocycles. The van der Waals surface area contributed by atoms with Crippen molar-refractivity contribution in [3.05, 3.63) is 23.8 Å². The molecule has 6 nitrogen and oxygen atoms in total. The molecular formula is C12H13N3O3S2. The molecule has 1 amide bonds. The van der Waals surface area contributed by atoms with Crippen molar-refractivity contribution in [1.29, 1.82) is 0 Å². The number of carbonyl (C=O) groups is 1. The highest BCUT2D eigenvalue weighted by Gasteiger charge is 2.39. The van der Waals surface area contributed by atoms with Crippen molar-refractivity contribution in [2.24, 2.45) is 0 Å². The molecule has 0 saturated carbocycles. The highest BCUT2D eigenvalue weighted by atomic mass is 32.2. The third-order valence-electron chi connectivity index (χ3n) is 3.43. The molecule has 1 aromatic heterocycles. The number of aromatic nitrogens is 2. The van der Waals surface area contributed by atoms with Crippen LogP contribution in [0.1, 0.15) is 23.7 Å². The van der Waals surface area contributed by atoms with E-state index in [0.717, 1.165) is 17.2 Å². The SMILES string of the molecule is CC1(NC(=O)c2ccc3nsnc3c2)CCS(=O)(=O)C1. The summed E-state index contributed by atoms with van der Waals surface area (Å²) in [5.74, 6) is -0.162. The van der Waals surface area contributed by atoms with E-state index < -0.39 is 15.4 Å². The first-order valence-corrected chi connectivity index (χ1v) is 8.67. The summed E-state index contributed by atoms with van der Waals surface area (Å²) in [7, 11) is -3.04. The fourth-order valence-corrected chi connectivity index (χ4v) is 4.99. The van der Waals surface area contributed by atoms with Crippen LogP contribution in [0.15, 0.2) is 18.2 Å². The van der Waals surface area contributed by atoms with Gasteiger partial charge in [0.05, 0.1) is 28.8 Å². The predicted molar refractivity (Wildman–Crippen MR) is 76.6 cm³/mol. The largest absolute Gasteiger partial charge is 0.346 e. The van der Waals surface area contributed by atoms with E-state index in [-0.39, 0.29) is 17.4 Å². The number of carbonyl (C=O) groups excluding carboxylic acids is 1. The lowest BCUT2D eigenvalue weighted by molar-refractivity contribution is 0.0915. The van der Waals surface area contributed by atoms with Gasteiger partial charge in [0.2, 0.25) is 0 Å². The van der Waals surface area contributed by atoms with Crippen LogP contribution in [0.3, 0.4) is 0 Å². The minimum atomic E-state index is -3.04. The average molecular weight is 311 g/mol. The molecule has 0 aliphatic carbocycles. The van der Waals surface area contributed by atoms with E-state index in [9.17, 15) is 13.2 Å². The van der Waals surface area contributed by atoms with E-state index in [4.69, 9.17) is 0 Å². The molecule has 2 aromatic rings. The third-order valence-corrected chi connectivity index (χ3v) is 5.89. The summed E-state index contributed by atoms with van der Waals surface area (Å²) >= 11 is 1.09. The van der Waals surface area contributed by atoms with E-state index in [0.29, 0.717) is 17.5 Å². The van der Waals surface area contributed by atoms with E-state index in [1.165, 1.54) is 0 Å². The molecule has 106 valence electrons. The number of hydrogen-bond donors (Lipinski definition) is 1. The van der Waals surface area contributed by atoms with E-state index in [1.807, 2.05) is 0 Å². The summed E-state index contributed by atoms with van der Waals surface area (Å²) in [4.78, 5) is 12.2. The number of rotatable bonds is 2. The fourth-order valence-electron chi connectivity index (χ4n) is 2.38. The Morgan fingerprint density at radius 1 is 1.35 bits per heavy atom. The number of amides is 1. The molecule has 8 heteroatoms. The standard InChI is InChI=1S/C12H13N3O3S2/c1-12(4-5-20(17,18)7-12)13-11(16)8-2-3-9-10(6-8)15-19-14-9/h2-3,6H,4-5,7H2,1H3,(H,13,16). The maximum absolute atomic E-state index is 12.2. The number of benzene rings is 1. The summed E-state index contributed by atoms with van der Waals surface area (Å²) in [5.41, 5.74) is 1.20. The Balaban J connectivity index is 1.82. The van der Waals surface area contributed by atoms with Gasteiger partial charge in [0.1, 0.15) is 11.0 Å². The Labute approximate surface area is 120 Å². The van der Waals surface area contributed by atoms with E-state index in [1.54, 1.807) is 25.1 Å². The van der Waals surface area contributed by atoms with Gasteiger partial charge < -0.3 is 5.32 Å². The number of sulfone groups is 1. The third kappa shape index (κ3) is 2.53. The summed E-state index contributed by atoms with van der Waals surface area (Å²) in [6.45, 7) is 1.76. The number of hydrogen-bond acceptors (Lipinski definition) is 6. The second kappa shape index (κ2) is 4.49. The van der Waals surface area contributed by atoms with Crippen LogP contribution < -0.4 is 5.32 Å². The van der Waals surface area contributed by atoms with Gasteiger partial charge in [-0.05, 0) is 31.5 Å². The lowest BCUT2D eigenvalue weighted by Crippen LogP contribution is -2.46. The molecular weight excluding hydrogens is 298 g/mol. The Morgan fingerprint density at radius 3 is 2.80 bits per heavy atom. The van der Waals surface area contributed by atoms with Gasteiger partial charge in [0.25, 0.3) is 5.91 Å². The molecule has 20 heavy (non-hydrogen) atoms. The van der Waals surface area contributed by atoms with Gasteiger partial charge in [-0.2, -0.15) is 8.75 Å². The van der Waals surface area contributed by atoms with Crippen molar-refractivity contribution in [2.75, 3.05) is 11.5 Å². The van der Waals surface area contributed by atoms with Crippen molar-refractivity contribution < 1.29 is 13.2 Å². The lowest BCUT2D eigenvalue weighted by Gasteiger charge is -2.23. The second-order valence-electron chi connectivity index (χ2n) is 5.32. The van der Waals surface area contributed by atoms with Gasteiger partial charge in [-0.3, -0.25) is 4.79 Å². The highest BCUT2D eigenvalue weighted by molar-refractivity contribution is 7.91. The highest BCUT2D eigenvalue weighted by Crippen LogP contribution is 2.23. The summed E-state index contributed by atoms with van der Waals surface area (Å²) < 4.78 is 31.2. The van der Waals surface area contributed by atoms with Crippen LogP contribution in [0, 0.1) is 0 Å². The molecule has 1 aliphatic rings. The fraction of sp³-hybridized carbons (Fsp3) is 0.417. The van der Waals surface area contributed by atoms with Gasteiger partial charge in [-0.1, -0.05) is 0 Å². The predicted octanol–water partition coefficient (Wildman–Crippen LogP) is 0.998.